The van der Waals surface area contributed by atoms with Crippen molar-refractivity contribution in [1.82, 2.24) is 33.2 Å². The van der Waals surface area contributed by atoms with E-state index in [9.17, 15) is 22.8 Å². The topological polar surface area (TPSA) is 152 Å². The van der Waals surface area contributed by atoms with Crippen molar-refractivity contribution >= 4 is 59.9 Å². The maximum Gasteiger partial charge on any atom is 0.408 e. The van der Waals surface area contributed by atoms with Crippen LogP contribution in [0.25, 0.3) is 33.3 Å². The number of fused-ring (bicyclic) bond motifs is 3. The van der Waals surface area contributed by atoms with Gasteiger partial charge in [-0.3, -0.25) is 18.6 Å². The minimum absolute atomic E-state index is 0.0650. The highest BCUT2D eigenvalue weighted by molar-refractivity contribution is 9.10. The Hall–Kier alpha value is -4.31. The van der Waals surface area contributed by atoms with Crippen LogP contribution in [0.5, 0.6) is 0 Å². The predicted octanol–water partition coefficient (Wildman–Crippen LogP) is 4.03. The van der Waals surface area contributed by atoms with Crippen molar-refractivity contribution in [2.45, 2.75) is 56.2 Å². The van der Waals surface area contributed by atoms with Crippen molar-refractivity contribution in [3.63, 3.8) is 0 Å². The molecule has 0 bridgehead atoms. The fourth-order valence-electron chi connectivity index (χ4n) is 5.77. The lowest BCUT2D eigenvalue weighted by atomic mass is 10.2. The van der Waals surface area contributed by atoms with Crippen LogP contribution in [0.3, 0.4) is 0 Å². The van der Waals surface area contributed by atoms with E-state index in [4.69, 9.17) is 4.74 Å². The normalized spacial score (nSPS) is 17.4. The van der Waals surface area contributed by atoms with Crippen molar-refractivity contribution in [2.24, 2.45) is 14.1 Å². The van der Waals surface area contributed by atoms with Gasteiger partial charge >= 0.3 is 11.8 Å². The number of carbonyl (C=O) groups excluding carboxylic acids is 2. The second-order valence-corrected chi connectivity index (χ2v) is 14.5. The lowest BCUT2D eigenvalue weighted by Gasteiger charge is -2.21. The molecule has 0 unspecified atom stereocenters. The summed E-state index contributed by atoms with van der Waals surface area (Å²) < 4.78 is 54.0. The summed E-state index contributed by atoms with van der Waals surface area (Å²) in [5.41, 5.74) is -0.856. The summed E-state index contributed by atoms with van der Waals surface area (Å²) in [5.74, 6) is -1.20. The fraction of sp³-hybridized carbons (Fsp3) is 0.345. The highest BCUT2D eigenvalue weighted by Crippen LogP contribution is 2.44. The highest BCUT2D eigenvalue weighted by atomic mass is 79.9. The Bertz CT molecular complexity index is 2190. The smallest absolute Gasteiger partial charge is 0.408 e. The maximum absolute atomic E-state index is 15.3. The number of hydrogen-bond donors (Lipinski definition) is 1. The Labute approximate surface area is 264 Å². The van der Waals surface area contributed by atoms with E-state index in [0.29, 0.717) is 11.0 Å². The summed E-state index contributed by atoms with van der Waals surface area (Å²) in [4.78, 5) is 43.7. The first-order chi connectivity index (χ1) is 21.1. The van der Waals surface area contributed by atoms with E-state index in [0.717, 1.165) is 3.97 Å². The molecule has 1 amide bonds. The molecule has 0 spiro atoms. The van der Waals surface area contributed by atoms with Crippen LogP contribution < -0.4 is 11.0 Å². The first-order valence-electron chi connectivity index (χ1n) is 13.9. The summed E-state index contributed by atoms with van der Waals surface area (Å²) >= 11 is 3.54. The summed E-state index contributed by atoms with van der Waals surface area (Å²) in [6.45, 7) is 5.11. The molecule has 1 aliphatic rings. The second kappa shape index (κ2) is 10.7. The molecule has 4 heterocycles. The largest absolute Gasteiger partial charge is 0.444 e. The molecule has 13 nitrogen and oxygen atoms in total. The predicted molar refractivity (Wildman–Crippen MR) is 166 cm³/mol. The van der Waals surface area contributed by atoms with Crippen molar-refractivity contribution < 1.29 is 27.1 Å². The van der Waals surface area contributed by atoms with Crippen LogP contribution in [0.2, 0.25) is 0 Å². The number of carbonyl (C=O) groups is 2. The molecule has 1 aromatic carbocycles. The number of benzene rings is 1. The number of alkyl carbamates (subject to hydrolysis) is 1. The molecule has 1 N–H and O–H groups in total. The molecule has 4 aromatic heterocycles. The number of ether oxygens (including phenoxy) is 1. The summed E-state index contributed by atoms with van der Waals surface area (Å²) in [7, 11) is -1.33. The molecular weight excluding hydrogens is 673 g/mol. The van der Waals surface area contributed by atoms with Crippen LogP contribution in [0, 0.1) is 5.95 Å². The molecule has 2 atom stereocenters. The van der Waals surface area contributed by atoms with Gasteiger partial charge in [-0.05, 0) is 55.3 Å². The number of amides is 1. The molecule has 16 heteroatoms. The Morgan fingerprint density at radius 3 is 2.47 bits per heavy atom. The maximum atomic E-state index is 15.3. The van der Waals surface area contributed by atoms with Gasteiger partial charge in [-0.15, -0.1) is 5.10 Å². The van der Waals surface area contributed by atoms with E-state index in [-0.39, 0.29) is 50.3 Å². The van der Waals surface area contributed by atoms with Gasteiger partial charge < -0.3 is 10.1 Å². The van der Waals surface area contributed by atoms with Gasteiger partial charge in [-0.2, -0.15) is 4.39 Å². The molecule has 45 heavy (non-hydrogen) atoms. The third-order valence-electron chi connectivity index (χ3n) is 7.64. The first-order valence-corrected chi connectivity index (χ1v) is 16.2. The Morgan fingerprint density at radius 2 is 1.84 bits per heavy atom. The molecule has 236 valence electrons. The third kappa shape index (κ3) is 5.05. The zero-order chi connectivity index (χ0) is 32.6. The van der Waals surface area contributed by atoms with Crippen LogP contribution in [0.15, 0.2) is 56.9 Å². The van der Waals surface area contributed by atoms with E-state index in [2.05, 4.69) is 31.3 Å². The number of imidazole rings is 1. The Kier molecular flexibility index (Phi) is 7.27. The SMILES string of the molecule is Cn1cc(-c2c(Br)c3c(ncc4c3n([C@@H]3CC(=O)[C@@H](NC(=O)OC(C)(C)C)C3)c(=O)n4C)n2S(=O)(=O)c2ccccc2)c(F)n1. The molecule has 5 aromatic rings. The van der Waals surface area contributed by atoms with Crippen molar-refractivity contribution in [2.75, 3.05) is 0 Å². The number of hydrogen-bond acceptors (Lipinski definition) is 8. The summed E-state index contributed by atoms with van der Waals surface area (Å²) in [6.07, 6.45) is 1.98. The number of nitrogens with zero attached hydrogens (tertiary/aromatic N) is 6. The number of rotatable bonds is 5. The number of ketones is 1. The summed E-state index contributed by atoms with van der Waals surface area (Å²) in [5, 5.41) is 6.60. The van der Waals surface area contributed by atoms with Gasteiger partial charge in [0, 0.05) is 32.8 Å². The van der Waals surface area contributed by atoms with Gasteiger partial charge in [0.15, 0.2) is 11.4 Å². The lowest BCUT2D eigenvalue weighted by molar-refractivity contribution is -0.119. The van der Waals surface area contributed by atoms with Gasteiger partial charge in [0.2, 0.25) is 5.95 Å². The minimum Gasteiger partial charge on any atom is -0.444 e. The molecule has 0 saturated heterocycles. The van der Waals surface area contributed by atoms with E-state index in [1.54, 1.807) is 39.0 Å². The zero-order valence-electron chi connectivity index (χ0n) is 24.9. The monoisotopic (exact) mass is 701 g/mol. The number of nitrogens with one attached hydrogen (secondary N) is 1. The number of aryl methyl sites for hydroxylation is 2. The Balaban J connectivity index is 1.60. The van der Waals surface area contributed by atoms with E-state index < -0.39 is 45.4 Å². The standard InChI is InChI=1S/C29H29BrFN7O6S/c1-29(2,3)44-27(40)33-18-11-15(12-20(18)39)37-24-19(36(5)28(37)41)13-32-26-21(24)22(30)23(17-14-35(4)34-25(17)31)38(26)45(42,43)16-9-7-6-8-10-16/h6-10,13-15,18H,11-12H2,1-5H3,(H,33,40)/t15-,18-/m0/s1. The van der Waals surface area contributed by atoms with Crippen molar-refractivity contribution in [3.8, 4) is 11.3 Å². The van der Waals surface area contributed by atoms with Gasteiger partial charge in [-0.25, -0.2) is 27.0 Å². The van der Waals surface area contributed by atoms with E-state index >= 15 is 4.39 Å². The van der Waals surface area contributed by atoms with Crippen LogP contribution in [0.1, 0.15) is 39.7 Å². The molecule has 6 rings (SSSR count). The van der Waals surface area contributed by atoms with Crippen molar-refractivity contribution in [3.05, 3.63) is 63.6 Å². The number of aromatic nitrogens is 6. The number of halogens is 2. The average molecular weight is 703 g/mol. The van der Waals surface area contributed by atoms with E-state index in [1.807, 2.05) is 0 Å². The minimum atomic E-state index is -4.37. The molecule has 1 fully saturated rings. The number of pyridine rings is 1. The highest BCUT2D eigenvalue weighted by Gasteiger charge is 2.39. The lowest BCUT2D eigenvalue weighted by Crippen LogP contribution is -2.41. The van der Waals surface area contributed by atoms with E-state index in [1.165, 1.54) is 52.4 Å². The average Bonchev–Trinajstić information content (AvgIpc) is 3.65. The zero-order valence-corrected chi connectivity index (χ0v) is 27.3. The second-order valence-electron chi connectivity index (χ2n) is 11.9. The van der Waals surface area contributed by atoms with Crippen LogP contribution in [0.4, 0.5) is 9.18 Å². The first kappa shape index (κ1) is 30.7. The van der Waals surface area contributed by atoms with Gasteiger partial charge in [0.1, 0.15) is 5.60 Å². The molecule has 0 radical (unpaired) electrons. The molecule has 1 aliphatic carbocycles. The number of Topliss-reactive ketones (excluding diaryl/α,β-unsaturated/α-hetero) is 1. The van der Waals surface area contributed by atoms with Gasteiger partial charge in [-0.1, -0.05) is 18.2 Å². The third-order valence-corrected chi connectivity index (χ3v) is 10.1. The molecular formula is C29H29BrFN7O6S. The van der Waals surface area contributed by atoms with Crippen LogP contribution in [-0.4, -0.2) is 59.8 Å². The van der Waals surface area contributed by atoms with Gasteiger partial charge in [0.25, 0.3) is 10.0 Å². The quantitative estimate of drug-likeness (QED) is 0.289. The van der Waals surface area contributed by atoms with Crippen molar-refractivity contribution in [1.29, 1.82) is 0 Å². The van der Waals surface area contributed by atoms with Crippen LogP contribution >= 0.6 is 15.9 Å². The molecule has 1 saturated carbocycles. The van der Waals surface area contributed by atoms with Gasteiger partial charge in [0.05, 0.1) is 49.3 Å². The Morgan fingerprint density at radius 1 is 1.16 bits per heavy atom. The van der Waals surface area contributed by atoms with Crippen LogP contribution in [-0.2, 0) is 33.7 Å². The fourth-order valence-corrected chi connectivity index (χ4v) is 8.15. The summed E-state index contributed by atoms with van der Waals surface area (Å²) in [6, 6.07) is 6.03. The molecule has 0 aliphatic heterocycles.